The molecule has 0 aliphatic heterocycles. The molecule has 0 rings (SSSR count). The zero-order valence-corrected chi connectivity index (χ0v) is 15.7. The second-order valence-corrected chi connectivity index (χ2v) is 6.54. The summed E-state index contributed by atoms with van der Waals surface area (Å²) in [6.07, 6.45) is 17.1. The largest absolute Gasteiger partial charge is 0.303 e. The maximum absolute atomic E-state index is 10.4. The molecule has 132 valence electrons. The summed E-state index contributed by atoms with van der Waals surface area (Å²) in [5.74, 6) is 0.599. The van der Waals surface area contributed by atoms with Crippen molar-refractivity contribution in [1.29, 1.82) is 0 Å². The molecule has 0 amide bonds. The van der Waals surface area contributed by atoms with Crippen LogP contribution >= 0.6 is 0 Å². The van der Waals surface area contributed by atoms with Gasteiger partial charge >= 0.3 is 0 Å². The first-order chi connectivity index (χ1) is 10.6. The molecule has 0 aliphatic carbocycles. The van der Waals surface area contributed by atoms with E-state index in [1.54, 1.807) is 6.92 Å². The van der Waals surface area contributed by atoms with Crippen molar-refractivity contribution in [3.8, 4) is 0 Å². The number of hydrogen-bond donors (Lipinski definition) is 0. The molecule has 0 saturated carbocycles. The fourth-order valence-electron chi connectivity index (χ4n) is 2.29. The predicted octanol–water partition coefficient (Wildman–Crippen LogP) is 6.51. The first-order valence-corrected chi connectivity index (χ1v) is 9.53. The number of aldehydes is 1. The minimum Gasteiger partial charge on any atom is -0.303 e. The van der Waals surface area contributed by atoms with Crippen molar-refractivity contribution in [3.05, 3.63) is 0 Å². The van der Waals surface area contributed by atoms with Crippen LogP contribution in [0.15, 0.2) is 0 Å². The molecule has 0 aliphatic rings. The van der Waals surface area contributed by atoms with Gasteiger partial charge in [0.25, 0.3) is 0 Å². The van der Waals surface area contributed by atoms with Gasteiger partial charge in [-0.25, -0.2) is 0 Å². The second kappa shape index (κ2) is 20.3. The molecule has 0 aromatic rings. The smallest absolute Gasteiger partial charge is 0.129 e. The van der Waals surface area contributed by atoms with Crippen LogP contribution in [-0.4, -0.2) is 12.1 Å². The minimum absolute atomic E-state index is 0.274. The Hall–Kier alpha value is -0.660. The predicted molar refractivity (Wildman–Crippen MR) is 97.3 cm³/mol. The zero-order valence-electron chi connectivity index (χ0n) is 15.7. The molecule has 0 saturated heterocycles. The van der Waals surface area contributed by atoms with Gasteiger partial charge in [-0.05, 0) is 19.8 Å². The van der Waals surface area contributed by atoms with Crippen LogP contribution in [0.5, 0.6) is 0 Å². The van der Waals surface area contributed by atoms with E-state index < -0.39 is 0 Å². The molecule has 0 aromatic carbocycles. The fourth-order valence-corrected chi connectivity index (χ4v) is 2.29. The molecule has 0 aromatic heterocycles. The third-order valence-electron chi connectivity index (χ3n) is 3.88. The standard InChI is InChI=1S/C12H24O.C8H16O/c1-3-4-5-6-7-8-9-10-12(2)11-13;1-3-4-5-6-7-8(2)9/h11-12H,3-10H2,1-2H3;3-7H2,1-2H3. The van der Waals surface area contributed by atoms with Crippen LogP contribution in [0.1, 0.15) is 111 Å². The Morgan fingerprint density at radius 3 is 1.73 bits per heavy atom. The van der Waals surface area contributed by atoms with E-state index in [9.17, 15) is 9.59 Å². The molecular weight excluding hydrogens is 272 g/mol. The second-order valence-electron chi connectivity index (χ2n) is 6.54. The molecule has 22 heavy (non-hydrogen) atoms. The number of rotatable bonds is 14. The molecule has 2 nitrogen and oxygen atoms in total. The normalized spacial score (nSPS) is 11.5. The highest BCUT2D eigenvalue weighted by Crippen LogP contribution is 2.11. The van der Waals surface area contributed by atoms with Gasteiger partial charge in [0.15, 0.2) is 0 Å². The molecule has 0 spiro atoms. The molecular formula is C20H40O2. The first kappa shape index (κ1) is 23.6. The van der Waals surface area contributed by atoms with Crippen molar-refractivity contribution in [3.63, 3.8) is 0 Å². The minimum atomic E-state index is 0.274. The Bertz CT molecular complexity index is 236. The van der Waals surface area contributed by atoms with Gasteiger partial charge in [0.05, 0.1) is 0 Å². The topological polar surface area (TPSA) is 34.1 Å². The van der Waals surface area contributed by atoms with E-state index in [-0.39, 0.29) is 5.92 Å². The van der Waals surface area contributed by atoms with Crippen molar-refractivity contribution >= 4 is 12.1 Å². The highest BCUT2D eigenvalue weighted by Gasteiger charge is 1.98. The lowest BCUT2D eigenvalue weighted by molar-refractivity contribution is -0.117. The Balaban J connectivity index is 0. The Morgan fingerprint density at radius 2 is 1.27 bits per heavy atom. The zero-order chi connectivity index (χ0) is 17.1. The fraction of sp³-hybridized carbons (Fsp3) is 0.900. The lowest BCUT2D eigenvalue weighted by atomic mass is 10.0. The molecule has 0 bridgehead atoms. The number of carbonyl (C=O) groups is 2. The Labute approximate surface area is 139 Å². The monoisotopic (exact) mass is 312 g/mol. The van der Waals surface area contributed by atoms with E-state index >= 15 is 0 Å². The van der Waals surface area contributed by atoms with Gasteiger partial charge in [-0.15, -0.1) is 0 Å². The van der Waals surface area contributed by atoms with E-state index in [4.69, 9.17) is 0 Å². The summed E-state index contributed by atoms with van der Waals surface area (Å²) in [5.41, 5.74) is 0. The lowest BCUT2D eigenvalue weighted by Gasteiger charge is -2.02. The highest BCUT2D eigenvalue weighted by atomic mass is 16.1. The van der Waals surface area contributed by atoms with Crippen molar-refractivity contribution < 1.29 is 9.59 Å². The van der Waals surface area contributed by atoms with E-state index in [1.807, 2.05) is 6.92 Å². The number of Topliss-reactive ketones (excluding diaryl/α,β-unsaturated/α-hetero) is 1. The van der Waals surface area contributed by atoms with Crippen LogP contribution in [0.3, 0.4) is 0 Å². The summed E-state index contributed by atoms with van der Waals surface area (Å²) in [6.45, 7) is 8.08. The van der Waals surface area contributed by atoms with Crippen molar-refractivity contribution in [1.82, 2.24) is 0 Å². The highest BCUT2D eigenvalue weighted by molar-refractivity contribution is 5.75. The molecule has 0 fully saturated rings. The number of hydrogen-bond acceptors (Lipinski definition) is 2. The summed E-state index contributed by atoms with van der Waals surface area (Å²) in [6, 6.07) is 0. The Morgan fingerprint density at radius 1 is 0.818 bits per heavy atom. The third kappa shape index (κ3) is 24.4. The van der Waals surface area contributed by atoms with Gasteiger partial charge in [0.2, 0.25) is 0 Å². The third-order valence-corrected chi connectivity index (χ3v) is 3.88. The van der Waals surface area contributed by atoms with Gasteiger partial charge in [-0.2, -0.15) is 0 Å². The molecule has 2 heteroatoms. The van der Waals surface area contributed by atoms with Gasteiger partial charge < -0.3 is 9.59 Å². The summed E-state index contributed by atoms with van der Waals surface area (Å²) >= 11 is 0. The SMILES string of the molecule is CCCCCCC(C)=O.CCCCCCCCCC(C)C=O. The van der Waals surface area contributed by atoms with E-state index in [0.29, 0.717) is 5.78 Å². The average molecular weight is 313 g/mol. The maximum atomic E-state index is 10.4. The summed E-state index contributed by atoms with van der Waals surface area (Å²) < 4.78 is 0. The van der Waals surface area contributed by atoms with Crippen LogP contribution in [0.25, 0.3) is 0 Å². The van der Waals surface area contributed by atoms with Crippen LogP contribution < -0.4 is 0 Å². The van der Waals surface area contributed by atoms with Crippen LogP contribution in [-0.2, 0) is 9.59 Å². The Kier molecular flexibility index (Phi) is 21.8. The van der Waals surface area contributed by atoms with E-state index in [0.717, 1.165) is 25.5 Å². The lowest BCUT2D eigenvalue weighted by Crippen LogP contribution is -1.94. The molecule has 1 unspecified atom stereocenters. The first-order valence-electron chi connectivity index (χ1n) is 9.53. The van der Waals surface area contributed by atoms with Gasteiger partial charge in [0.1, 0.15) is 12.1 Å². The maximum Gasteiger partial charge on any atom is 0.129 e. The molecule has 0 heterocycles. The average Bonchev–Trinajstić information content (AvgIpc) is 2.51. The quantitative estimate of drug-likeness (QED) is 0.271. The summed E-state index contributed by atoms with van der Waals surface area (Å²) in [4.78, 5) is 20.7. The summed E-state index contributed by atoms with van der Waals surface area (Å²) in [7, 11) is 0. The number of carbonyl (C=O) groups excluding carboxylic acids is 2. The molecule has 0 radical (unpaired) electrons. The van der Waals surface area contributed by atoms with Crippen molar-refractivity contribution in [2.75, 3.05) is 0 Å². The van der Waals surface area contributed by atoms with Crippen LogP contribution in [0.2, 0.25) is 0 Å². The van der Waals surface area contributed by atoms with Gasteiger partial charge in [0, 0.05) is 12.3 Å². The van der Waals surface area contributed by atoms with Gasteiger partial charge in [-0.1, -0.05) is 85.0 Å². The van der Waals surface area contributed by atoms with Gasteiger partial charge in [-0.3, -0.25) is 0 Å². The number of unbranched alkanes of at least 4 members (excludes halogenated alkanes) is 9. The van der Waals surface area contributed by atoms with Crippen molar-refractivity contribution in [2.24, 2.45) is 5.92 Å². The van der Waals surface area contributed by atoms with Crippen molar-refractivity contribution in [2.45, 2.75) is 111 Å². The van der Waals surface area contributed by atoms with E-state index in [2.05, 4.69) is 13.8 Å². The number of ketones is 1. The molecule has 1 atom stereocenters. The molecule has 0 N–H and O–H groups in total. The van der Waals surface area contributed by atoms with Crippen LogP contribution in [0, 0.1) is 5.92 Å². The van der Waals surface area contributed by atoms with Crippen LogP contribution in [0.4, 0.5) is 0 Å². The van der Waals surface area contributed by atoms with E-state index in [1.165, 1.54) is 64.2 Å². The summed E-state index contributed by atoms with van der Waals surface area (Å²) in [5, 5.41) is 0.